The third kappa shape index (κ3) is 5.51. The van der Waals surface area contributed by atoms with Gasteiger partial charge in [-0.05, 0) is 26.0 Å². The average molecular weight is 415 g/mol. The predicted octanol–water partition coefficient (Wildman–Crippen LogP) is 0.285. The second kappa shape index (κ2) is 8.99. The van der Waals surface area contributed by atoms with Crippen molar-refractivity contribution in [2.24, 2.45) is 0 Å². The van der Waals surface area contributed by atoms with Crippen LogP contribution in [0.3, 0.4) is 0 Å². The Morgan fingerprint density at radius 1 is 1.21 bits per heavy atom. The summed E-state index contributed by atoms with van der Waals surface area (Å²) < 4.78 is 40.5. The van der Waals surface area contributed by atoms with Crippen molar-refractivity contribution in [1.29, 1.82) is 0 Å². The number of ether oxygens (including phenoxy) is 2. The van der Waals surface area contributed by atoms with Crippen LogP contribution in [0, 0.1) is 6.92 Å². The molecule has 1 heterocycles. The third-order valence-corrected chi connectivity index (χ3v) is 5.63. The maximum Gasteiger partial charge on any atom is 0.303 e. The van der Waals surface area contributed by atoms with E-state index in [2.05, 4.69) is 5.32 Å². The highest BCUT2D eigenvalue weighted by molar-refractivity contribution is 7.86. The first-order chi connectivity index (χ1) is 13.0. The van der Waals surface area contributed by atoms with Crippen LogP contribution in [0.2, 0.25) is 0 Å². The summed E-state index contributed by atoms with van der Waals surface area (Å²) in [6, 6.07) is 5.32. The summed E-state index contributed by atoms with van der Waals surface area (Å²) in [6.07, 6.45) is -4.25. The van der Waals surface area contributed by atoms with Crippen LogP contribution in [0.5, 0.6) is 0 Å². The van der Waals surface area contributed by atoms with Crippen molar-refractivity contribution in [1.82, 2.24) is 5.32 Å². The molecule has 5 atom stereocenters. The van der Waals surface area contributed by atoms with Crippen LogP contribution in [0.4, 0.5) is 0 Å². The lowest BCUT2D eigenvalue weighted by Gasteiger charge is -2.43. The maximum absolute atomic E-state index is 12.3. The summed E-state index contributed by atoms with van der Waals surface area (Å²) in [4.78, 5) is 22.8. The van der Waals surface area contributed by atoms with Gasteiger partial charge in [0.1, 0.15) is 12.2 Å². The summed E-state index contributed by atoms with van der Waals surface area (Å²) in [5.41, 5.74) is 0.895. The zero-order valence-corrected chi connectivity index (χ0v) is 16.9. The van der Waals surface area contributed by atoms with Crippen molar-refractivity contribution in [3.8, 4) is 0 Å². The minimum absolute atomic E-state index is 0.0240. The largest absolute Gasteiger partial charge is 0.457 e. The van der Waals surface area contributed by atoms with E-state index in [0.29, 0.717) is 0 Å². The fourth-order valence-corrected chi connectivity index (χ4v) is 3.89. The zero-order chi connectivity index (χ0) is 21.1. The number of carbonyl (C=O) groups excluding carboxylic acids is 2. The highest BCUT2D eigenvalue weighted by Crippen LogP contribution is 2.25. The van der Waals surface area contributed by atoms with Gasteiger partial charge in [0.2, 0.25) is 5.91 Å². The minimum Gasteiger partial charge on any atom is -0.457 e. The van der Waals surface area contributed by atoms with Crippen LogP contribution in [-0.2, 0) is 33.4 Å². The monoisotopic (exact) mass is 415 g/mol. The van der Waals surface area contributed by atoms with Crippen LogP contribution < -0.4 is 5.32 Å². The lowest BCUT2D eigenvalue weighted by molar-refractivity contribution is -0.204. The van der Waals surface area contributed by atoms with Gasteiger partial charge in [0.05, 0.1) is 23.6 Å². The second-order valence-electron chi connectivity index (χ2n) is 6.72. The number of aryl methyl sites for hydroxylation is 1. The molecule has 10 heteroatoms. The van der Waals surface area contributed by atoms with Gasteiger partial charge in [-0.3, -0.25) is 13.8 Å². The Morgan fingerprint density at radius 2 is 1.82 bits per heavy atom. The van der Waals surface area contributed by atoms with E-state index < -0.39 is 53.2 Å². The molecule has 1 fully saturated rings. The molecule has 28 heavy (non-hydrogen) atoms. The van der Waals surface area contributed by atoms with Crippen molar-refractivity contribution in [3.63, 3.8) is 0 Å². The molecule has 0 aromatic heterocycles. The molecule has 0 bridgehead atoms. The van der Waals surface area contributed by atoms with E-state index in [1.807, 2.05) is 6.92 Å². The second-order valence-corrected chi connectivity index (χ2v) is 8.34. The smallest absolute Gasteiger partial charge is 0.303 e. The van der Waals surface area contributed by atoms with Crippen molar-refractivity contribution in [2.45, 2.75) is 63.0 Å². The first-order valence-electron chi connectivity index (χ1n) is 8.75. The van der Waals surface area contributed by atoms with E-state index in [1.165, 1.54) is 26.0 Å². The van der Waals surface area contributed by atoms with Gasteiger partial charge in [0.15, 0.2) is 6.10 Å². The molecule has 2 N–H and O–H groups in total. The number of amides is 1. The number of hydrogen-bond donors (Lipinski definition) is 2. The first kappa shape index (κ1) is 22.3. The third-order valence-electron chi connectivity index (χ3n) is 4.34. The summed E-state index contributed by atoms with van der Waals surface area (Å²) in [5, 5.41) is 13.1. The van der Waals surface area contributed by atoms with E-state index in [9.17, 15) is 23.1 Å². The molecule has 1 saturated heterocycles. The first-order valence-corrected chi connectivity index (χ1v) is 10.2. The molecular weight excluding hydrogens is 390 g/mol. The number of aliphatic hydroxyl groups excluding tert-OH is 1. The molecule has 9 nitrogen and oxygen atoms in total. The SMILES string of the molecule is CC(=O)NC1C(C)OC(COS(=O)(=O)c2ccc(C)cc2)C(O)C1OC(C)=O. The normalized spacial score (nSPS) is 27.8. The molecular formula is C18H25NO8S. The van der Waals surface area contributed by atoms with Crippen LogP contribution in [0.25, 0.3) is 0 Å². The molecule has 2 rings (SSSR count). The highest BCUT2D eigenvalue weighted by Gasteiger charge is 2.46. The Bertz CT molecular complexity index is 807. The van der Waals surface area contributed by atoms with Gasteiger partial charge in [-0.2, -0.15) is 8.42 Å². The van der Waals surface area contributed by atoms with E-state index in [-0.39, 0.29) is 10.8 Å². The van der Waals surface area contributed by atoms with Gasteiger partial charge >= 0.3 is 5.97 Å². The van der Waals surface area contributed by atoms with Crippen LogP contribution >= 0.6 is 0 Å². The molecule has 1 aromatic rings. The molecule has 1 aliphatic rings. The molecule has 156 valence electrons. The highest BCUT2D eigenvalue weighted by atomic mass is 32.2. The number of benzene rings is 1. The standard InChI is InChI=1S/C18H25NO8S/c1-10-5-7-14(8-6-10)28(23,24)25-9-15-17(22)18(27-13(4)21)16(11(2)26-15)19-12(3)20/h5-8,11,15-18,22H,9H2,1-4H3,(H,19,20). The summed E-state index contributed by atoms with van der Waals surface area (Å²) in [6.45, 7) is 5.42. The molecule has 1 amide bonds. The van der Waals surface area contributed by atoms with Gasteiger partial charge in [-0.15, -0.1) is 0 Å². The van der Waals surface area contributed by atoms with Crippen LogP contribution in [-0.4, -0.2) is 62.5 Å². The molecule has 0 saturated carbocycles. The van der Waals surface area contributed by atoms with Crippen molar-refractivity contribution >= 4 is 22.0 Å². The van der Waals surface area contributed by atoms with Gasteiger partial charge in [-0.1, -0.05) is 17.7 Å². The van der Waals surface area contributed by atoms with E-state index in [0.717, 1.165) is 5.56 Å². The Balaban J connectivity index is 2.13. The van der Waals surface area contributed by atoms with Gasteiger partial charge < -0.3 is 19.9 Å². The number of esters is 1. The van der Waals surface area contributed by atoms with Crippen molar-refractivity contribution < 1.29 is 36.8 Å². The van der Waals surface area contributed by atoms with E-state index in [4.69, 9.17) is 13.7 Å². The average Bonchev–Trinajstić information content (AvgIpc) is 2.59. The Morgan fingerprint density at radius 3 is 2.36 bits per heavy atom. The number of carbonyl (C=O) groups is 2. The van der Waals surface area contributed by atoms with E-state index in [1.54, 1.807) is 19.1 Å². The molecule has 0 radical (unpaired) electrons. The quantitative estimate of drug-likeness (QED) is 0.501. The minimum atomic E-state index is -4.06. The van der Waals surface area contributed by atoms with Crippen molar-refractivity contribution in [3.05, 3.63) is 29.8 Å². The number of rotatable bonds is 6. The lowest BCUT2D eigenvalue weighted by atomic mass is 9.93. The Labute approximate surface area is 164 Å². The molecule has 0 spiro atoms. The molecule has 1 aliphatic heterocycles. The summed E-state index contributed by atoms with van der Waals surface area (Å²) >= 11 is 0. The van der Waals surface area contributed by atoms with Crippen molar-refractivity contribution in [2.75, 3.05) is 6.61 Å². The topological polar surface area (TPSA) is 128 Å². The number of aliphatic hydroxyl groups is 1. The molecule has 1 aromatic carbocycles. The van der Waals surface area contributed by atoms with Gasteiger partial charge in [0, 0.05) is 13.8 Å². The zero-order valence-electron chi connectivity index (χ0n) is 16.1. The summed E-state index contributed by atoms with van der Waals surface area (Å²) in [7, 11) is -4.06. The van der Waals surface area contributed by atoms with Gasteiger partial charge in [0.25, 0.3) is 10.1 Å². The van der Waals surface area contributed by atoms with Gasteiger partial charge in [-0.25, -0.2) is 0 Å². The maximum atomic E-state index is 12.3. The fraction of sp³-hybridized carbons (Fsp3) is 0.556. The van der Waals surface area contributed by atoms with Crippen LogP contribution in [0.15, 0.2) is 29.2 Å². The number of hydrogen-bond acceptors (Lipinski definition) is 8. The summed E-state index contributed by atoms with van der Waals surface area (Å²) in [5.74, 6) is -1.04. The van der Waals surface area contributed by atoms with E-state index >= 15 is 0 Å². The molecule has 5 unspecified atom stereocenters. The number of nitrogens with one attached hydrogen (secondary N) is 1. The molecule has 0 aliphatic carbocycles. The predicted molar refractivity (Wildman–Crippen MR) is 97.8 cm³/mol. The Hall–Kier alpha value is -2.01. The lowest BCUT2D eigenvalue weighted by Crippen LogP contribution is -2.64. The Kier molecular flexibility index (Phi) is 7.16. The fourth-order valence-electron chi connectivity index (χ4n) is 2.97. The van der Waals surface area contributed by atoms with Crippen LogP contribution in [0.1, 0.15) is 26.3 Å².